The van der Waals surface area contributed by atoms with Crippen molar-refractivity contribution in [2.45, 2.75) is 38.5 Å². The Morgan fingerprint density at radius 1 is 1.02 bits per heavy atom. The first kappa shape index (κ1) is 28.3. The van der Waals surface area contributed by atoms with Crippen LogP contribution in [0.5, 0.6) is 0 Å². The highest BCUT2D eigenvalue weighted by atomic mass is 35.5. The molecule has 9 nitrogen and oxygen atoms in total. The average molecular weight is 579 g/mol. The van der Waals surface area contributed by atoms with E-state index in [1.807, 2.05) is 30.3 Å². The summed E-state index contributed by atoms with van der Waals surface area (Å²) in [7, 11) is 0. The number of aromatic nitrogens is 2. The number of carbonyl (C=O) groups excluding carboxylic acids is 2. The van der Waals surface area contributed by atoms with E-state index >= 15 is 0 Å². The van der Waals surface area contributed by atoms with Crippen LogP contribution in [-0.4, -0.2) is 40.2 Å². The van der Waals surface area contributed by atoms with Gasteiger partial charge in [0.05, 0.1) is 28.6 Å². The zero-order chi connectivity index (χ0) is 28.9. The number of halogens is 2. The fourth-order valence-corrected chi connectivity index (χ4v) is 5.03. The summed E-state index contributed by atoms with van der Waals surface area (Å²) in [6.45, 7) is 0.519. The first-order valence-electron chi connectivity index (χ1n) is 13.3. The maximum absolute atomic E-state index is 13.6. The van der Waals surface area contributed by atoms with Gasteiger partial charge in [-0.05, 0) is 61.2 Å². The minimum Gasteiger partial charge on any atom is -0.376 e. The third-order valence-corrected chi connectivity index (χ3v) is 7.24. The number of benzene rings is 3. The number of carbonyl (C=O) groups is 2. The molecule has 1 unspecified atom stereocenters. The molecule has 0 spiro atoms. The van der Waals surface area contributed by atoms with Gasteiger partial charge in [-0.15, -0.1) is 0 Å². The molecule has 3 aromatic carbocycles. The molecular formula is C30H28ClFN4O5. The van der Waals surface area contributed by atoms with Crippen LogP contribution in [0.2, 0.25) is 5.02 Å². The van der Waals surface area contributed by atoms with E-state index in [0.717, 1.165) is 27.2 Å². The lowest BCUT2D eigenvalue weighted by atomic mass is 10.1. The van der Waals surface area contributed by atoms with E-state index in [2.05, 4.69) is 10.6 Å². The average Bonchev–Trinajstić information content (AvgIpc) is 3.49. The van der Waals surface area contributed by atoms with Crippen LogP contribution in [0, 0.1) is 5.82 Å². The Morgan fingerprint density at radius 3 is 2.56 bits per heavy atom. The second-order valence-electron chi connectivity index (χ2n) is 9.82. The molecule has 1 aromatic heterocycles. The van der Waals surface area contributed by atoms with Crippen LogP contribution in [0.3, 0.4) is 0 Å². The monoisotopic (exact) mass is 578 g/mol. The third kappa shape index (κ3) is 6.55. The van der Waals surface area contributed by atoms with E-state index in [-0.39, 0.29) is 45.7 Å². The van der Waals surface area contributed by atoms with Crippen molar-refractivity contribution in [3.63, 3.8) is 0 Å². The maximum Gasteiger partial charge on any atom is 0.332 e. The second-order valence-corrected chi connectivity index (χ2v) is 10.2. The van der Waals surface area contributed by atoms with Crippen LogP contribution in [0.1, 0.15) is 28.8 Å². The van der Waals surface area contributed by atoms with Gasteiger partial charge in [0.15, 0.2) is 0 Å². The molecule has 0 aliphatic carbocycles. The number of rotatable bonds is 9. The van der Waals surface area contributed by atoms with E-state index < -0.39 is 29.5 Å². The van der Waals surface area contributed by atoms with Crippen LogP contribution in [0.15, 0.2) is 76.3 Å². The molecule has 0 saturated carbocycles. The summed E-state index contributed by atoms with van der Waals surface area (Å²) in [6.07, 6.45) is 1.87. The fourth-order valence-electron chi connectivity index (χ4n) is 4.85. The summed E-state index contributed by atoms with van der Waals surface area (Å²) in [6, 6.07) is 17.9. The van der Waals surface area contributed by atoms with Crippen molar-refractivity contribution in [3.8, 4) is 0 Å². The molecule has 0 bridgehead atoms. The van der Waals surface area contributed by atoms with E-state index in [4.69, 9.17) is 16.3 Å². The Bertz CT molecular complexity index is 1710. The van der Waals surface area contributed by atoms with Crippen molar-refractivity contribution in [1.82, 2.24) is 14.5 Å². The molecular weight excluding hydrogens is 551 g/mol. The summed E-state index contributed by atoms with van der Waals surface area (Å²) in [4.78, 5) is 53.0. The molecule has 212 valence electrons. The maximum atomic E-state index is 13.6. The normalized spacial score (nSPS) is 14.7. The minimum atomic E-state index is -0.702. The zero-order valence-electron chi connectivity index (χ0n) is 22.1. The number of hydrogen-bond donors (Lipinski definition) is 2. The quantitative estimate of drug-likeness (QED) is 0.314. The number of amides is 2. The third-order valence-electron chi connectivity index (χ3n) is 6.95. The van der Waals surface area contributed by atoms with Gasteiger partial charge in [0.1, 0.15) is 12.4 Å². The molecule has 1 saturated heterocycles. The van der Waals surface area contributed by atoms with Crippen molar-refractivity contribution in [1.29, 1.82) is 0 Å². The molecule has 2 amide bonds. The van der Waals surface area contributed by atoms with Crippen LogP contribution in [0.4, 0.5) is 10.1 Å². The fraction of sp³-hybridized carbons (Fsp3) is 0.267. The van der Waals surface area contributed by atoms with E-state index in [1.54, 1.807) is 0 Å². The lowest BCUT2D eigenvalue weighted by Crippen LogP contribution is -2.43. The number of anilines is 1. The van der Waals surface area contributed by atoms with Gasteiger partial charge >= 0.3 is 5.69 Å². The predicted octanol–water partition coefficient (Wildman–Crippen LogP) is 3.75. The minimum absolute atomic E-state index is 0.0462. The van der Waals surface area contributed by atoms with Gasteiger partial charge < -0.3 is 15.4 Å². The van der Waals surface area contributed by atoms with Gasteiger partial charge in [0, 0.05) is 24.4 Å². The number of fused-ring (bicyclic) bond motifs is 1. The highest BCUT2D eigenvalue weighted by Gasteiger charge is 2.22. The molecule has 41 heavy (non-hydrogen) atoms. The van der Waals surface area contributed by atoms with Gasteiger partial charge in [0.2, 0.25) is 5.91 Å². The van der Waals surface area contributed by atoms with Gasteiger partial charge in [-0.2, -0.15) is 0 Å². The molecule has 5 rings (SSSR count). The van der Waals surface area contributed by atoms with Crippen molar-refractivity contribution in [3.05, 3.63) is 110 Å². The number of hydrogen-bond acceptors (Lipinski definition) is 5. The number of nitrogens with zero attached hydrogens (tertiary/aromatic N) is 2. The molecule has 0 radical (unpaired) electrons. The van der Waals surface area contributed by atoms with Crippen molar-refractivity contribution in [2.75, 3.05) is 18.5 Å². The summed E-state index contributed by atoms with van der Waals surface area (Å²) >= 11 is 5.83. The van der Waals surface area contributed by atoms with E-state index in [0.29, 0.717) is 26.0 Å². The first-order valence-corrected chi connectivity index (χ1v) is 13.6. The summed E-state index contributed by atoms with van der Waals surface area (Å²) in [5.41, 5.74) is 0.461. The van der Waals surface area contributed by atoms with Crippen LogP contribution in [0.25, 0.3) is 10.9 Å². The summed E-state index contributed by atoms with van der Waals surface area (Å²) in [5.74, 6) is -1.62. The standard InChI is InChI=1S/C30H28ClFN4O5/c31-24-16-21(9-11-25(24)32)34-27(37)18-35-26-15-20(28(38)33-13-12-19-5-2-1-3-6-19)8-10-23(26)29(39)36(30(35)40)17-22-7-4-14-41-22/h1-3,5-6,8-11,15-16,22H,4,7,12-14,17-18H2,(H,33,38)(H,34,37). The molecule has 1 atom stereocenters. The van der Waals surface area contributed by atoms with Gasteiger partial charge in [-0.1, -0.05) is 41.9 Å². The zero-order valence-corrected chi connectivity index (χ0v) is 22.8. The molecule has 1 fully saturated rings. The van der Waals surface area contributed by atoms with Gasteiger partial charge in [0.25, 0.3) is 11.5 Å². The molecule has 1 aliphatic heterocycles. The van der Waals surface area contributed by atoms with Gasteiger partial charge in [-0.3, -0.25) is 23.5 Å². The largest absolute Gasteiger partial charge is 0.376 e. The Labute approximate surface area is 239 Å². The van der Waals surface area contributed by atoms with Crippen LogP contribution in [-0.2, 0) is 29.0 Å². The number of ether oxygens (including phenoxy) is 1. The van der Waals surface area contributed by atoms with Crippen molar-refractivity contribution in [2.24, 2.45) is 0 Å². The smallest absolute Gasteiger partial charge is 0.332 e. The lowest BCUT2D eigenvalue weighted by Gasteiger charge is -2.17. The Morgan fingerprint density at radius 2 is 1.83 bits per heavy atom. The predicted molar refractivity (Wildman–Crippen MR) is 154 cm³/mol. The molecule has 1 aliphatic rings. The molecule has 4 aromatic rings. The van der Waals surface area contributed by atoms with Crippen LogP contribution < -0.4 is 21.9 Å². The van der Waals surface area contributed by atoms with E-state index in [9.17, 15) is 23.6 Å². The molecule has 2 N–H and O–H groups in total. The van der Waals surface area contributed by atoms with E-state index in [1.165, 1.54) is 30.3 Å². The second kappa shape index (κ2) is 12.5. The summed E-state index contributed by atoms with van der Waals surface area (Å²) in [5, 5.41) is 5.47. The Hall–Kier alpha value is -4.28. The lowest BCUT2D eigenvalue weighted by molar-refractivity contribution is -0.116. The molecule has 11 heteroatoms. The summed E-state index contributed by atoms with van der Waals surface area (Å²) < 4.78 is 21.4. The molecule has 2 heterocycles. The first-order chi connectivity index (χ1) is 19.8. The SMILES string of the molecule is O=C(Cn1c(=O)n(CC2CCCO2)c(=O)c2ccc(C(=O)NCCc3ccccc3)cc21)Nc1ccc(F)c(Cl)c1. The Kier molecular flexibility index (Phi) is 8.61. The Balaban J connectivity index is 1.46. The highest BCUT2D eigenvalue weighted by Crippen LogP contribution is 2.20. The van der Waals surface area contributed by atoms with Crippen molar-refractivity contribution >= 4 is 40.0 Å². The topological polar surface area (TPSA) is 111 Å². The number of nitrogens with one attached hydrogen (secondary N) is 2. The van der Waals surface area contributed by atoms with Crippen molar-refractivity contribution < 1.29 is 18.7 Å². The highest BCUT2D eigenvalue weighted by molar-refractivity contribution is 6.31. The van der Waals surface area contributed by atoms with Gasteiger partial charge in [-0.25, -0.2) is 9.18 Å². The van der Waals surface area contributed by atoms with Crippen LogP contribution >= 0.6 is 11.6 Å².